The summed E-state index contributed by atoms with van der Waals surface area (Å²) in [6.07, 6.45) is 0. The third-order valence-corrected chi connectivity index (χ3v) is 2.79. The van der Waals surface area contributed by atoms with Crippen molar-refractivity contribution in [3.63, 3.8) is 0 Å². The second-order valence-corrected chi connectivity index (χ2v) is 4.27. The average Bonchev–Trinajstić information content (AvgIpc) is 2.26. The minimum absolute atomic E-state index is 0.425. The Morgan fingerprint density at radius 2 is 1.80 bits per heavy atom. The number of hydrogen-bond acceptors (Lipinski definition) is 2. The predicted molar refractivity (Wildman–Crippen MR) is 66.3 cm³/mol. The van der Waals surface area contributed by atoms with Crippen LogP contribution in [0.25, 0.3) is 0 Å². The highest BCUT2D eigenvalue weighted by Crippen LogP contribution is 2.25. The third-order valence-electron chi connectivity index (χ3n) is 2.79. The van der Waals surface area contributed by atoms with E-state index in [-0.39, 0.29) is 0 Å². The van der Waals surface area contributed by atoms with E-state index < -0.39 is 0 Å². The van der Waals surface area contributed by atoms with E-state index in [9.17, 15) is 0 Å². The van der Waals surface area contributed by atoms with Gasteiger partial charge < -0.3 is 11.1 Å². The Balaban J connectivity index is 2.99. The van der Waals surface area contributed by atoms with Crippen LogP contribution in [0, 0.1) is 0 Å². The fourth-order valence-electron chi connectivity index (χ4n) is 1.98. The summed E-state index contributed by atoms with van der Waals surface area (Å²) in [5, 5.41) is 3.20. The van der Waals surface area contributed by atoms with Gasteiger partial charge in [0.25, 0.3) is 0 Å². The molecule has 0 aliphatic carbocycles. The van der Waals surface area contributed by atoms with E-state index in [0.717, 1.165) is 6.54 Å². The molecular formula is C13H22N2. The van der Waals surface area contributed by atoms with E-state index in [4.69, 9.17) is 5.73 Å². The van der Waals surface area contributed by atoms with Gasteiger partial charge in [-0.05, 0) is 24.1 Å². The highest BCUT2D eigenvalue weighted by Gasteiger charge is 2.14. The molecule has 0 bridgehead atoms. The first kappa shape index (κ1) is 12.2. The molecule has 0 saturated heterocycles. The van der Waals surface area contributed by atoms with E-state index in [0.29, 0.717) is 18.4 Å². The van der Waals surface area contributed by atoms with Gasteiger partial charge in [-0.25, -0.2) is 0 Å². The molecule has 2 nitrogen and oxygen atoms in total. The van der Waals surface area contributed by atoms with Crippen molar-refractivity contribution in [2.75, 3.05) is 20.1 Å². The van der Waals surface area contributed by atoms with Gasteiger partial charge in [0.1, 0.15) is 0 Å². The molecule has 3 N–H and O–H groups in total. The van der Waals surface area contributed by atoms with Crippen LogP contribution in [0.1, 0.15) is 36.8 Å². The molecule has 1 aromatic rings. The summed E-state index contributed by atoms with van der Waals surface area (Å²) in [4.78, 5) is 0. The summed E-state index contributed by atoms with van der Waals surface area (Å²) in [5.74, 6) is 0.987. The Morgan fingerprint density at radius 1 is 1.20 bits per heavy atom. The molecule has 0 fully saturated rings. The summed E-state index contributed by atoms with van der Waals surface area (Å²) in [5.41, 5.74) is 8.63. The standard InChI is InChI=1S/C13H22N2/c1-10(2)12-6-4-5-7-13(12)11(8-14)9-15-3/h4-7,10-11,15H,8-9,14H2,1-3H3. The predicted octanol–water partition coefficient (Wildman–Crippen LogP) is 2.07. The zero-order chi connectivity index (χ0) is 11.3. The Kier molecular flexibility index (Phi) is 4.79. The third kappa shape index (κ3) is 3.05. The molecule has 0 spiro atoms. The van der Waals surface area contributed by atoms with E-state index >= 15 is 0 Å². The van der Waals surface area contributed by atoms with Crippen molar-refractivity contribution in [2.24, 2.45) is 5.73 Å². The molecule has 1 aromatic carbocycles. The van der Waals surface area contributed by atoms with Crippen LogP contribution in [0.5, 0.6) is 0 Å². The largest absolute Gasteiger partial charge is 0.330 e. The van der Waals surface area contributed by atoms with Crippen LogP contribution in [-0.2, 0) is 0 Å². The molecule has 0 heterocycles. The van der Waals surface area contributed by atoms with Gasteiger partial charge in [0, 0.05) is 19.0 Å². The SMILES string of the molecule is CNCC(CN)c1ccccc1C(C)C. The molecule has 84 valence electrons. The van der Waals surface area contributed by atoms with Crippen molar-refractivity contribution in [2.45, 2.75) is 25.7 Å². The number of rotatable bonds is 5. The summed E-state index contributed by atoms with van der Waals surface area (Å²) in [6, 6.07) is 8.60. The molecule has 0 amide bonds. The number of nitrogens with one attached hydrogen (secondary N) is 1. The summed E-state index contributed by atoms with van der Waals surface area (Å²) < 4.78 is 0. The fraction of sp³-hybridized carbons (Fsp3) is 0.538. The first-order valence-corrected chi connectivity index (χ1v) is 5.64. The maximum Gasteiger partial charge on any atom is 0.00890 e. The number of benzene rings is 1. The quantitative estimate of drug-likeness (QED) is 0.774. The van der Waals surface area contributed by atoms with Gasteiger partial charge in [-0.3, -0.25) is 0 Å². The van der Waals surface area contributed by atoms with Crippen LogP contribution < -0.4 is 11.1 Å². The second kappa shape index (κ2) is 5.89. The van der Waals surface area contributed by atoms with Crippen LogP contribution in [-0.4, -0.2) is 20.1 Å². The highest BCUT2D eigenvalue weighted by atomic mass is 14.8. The highest BCUT2D eigenvalue weighted by molar-refractivity contribution is 5.33. The van der Waals surface area contributed by atoms with Crippen LogP contribution in [0.3, 0.4) is 0 Å². The Bertz CT molecular complexity index is 294. The van der Waals surface area contributed by atoms with Crippen LogP contribution in [0.2, 0.25) is 0 Å². The van der Waals surface area contributed by atoms with Gasteiger partial charge in [-0.2, -0.15) is 0 Å². The Labute approximate surface area is 92.9 Å². The van der Waals surface area contributed by atoms with Gasteiger partial charge in [0.2, 0.25) is 0 Å². The van der Waals surface area contributed by atoms with Crippen LogP contribution in [0.4, 0.5) is 0 Å². The molecule has 2 heteroatoms. The van der Waals surface area contributed by atoms with Crippen molar-refractivity contribution in [3.8, 4) is 0 Å². The zero-order valence-electron chi connectivity index (χ0n) is 9.96. The first-order chi connectivity index (χ1) is 7.20. The molecule has 15 heavy (non-hydrogen) atoms. The first-order valence-electron chi connectivity index (χ1n) is 5.64. The second-order valence-electron chi connectivity index (χ2n) is 4.27. The zero-order valence-corrected chi connectivity index (χ0v) is 9.96. The van der Waals surface area contributed by atoms with Gasteiger partial charge in [0.15, 0.2) is 0 Å². The molecular weight excluding hydrogens is 184 g/mol. The molecule has 1 unspecified atom stereocenters. The van der Waals surface area contributed by atoms with Crippen molar-refractivity contribution < 1.29 is 0 Å². The van der Waals surface area contributed by atoms with E-state index in [1.165, 1.54) is 11.1 Å². The number of nitrogens with two attached hydrogens (primary N) is 1. The van der Waals surface area contributed by atoms with Gasteiger partial charge in [0.05, 0.1) is 0 Å². The molecule has 1 atom stereocenters. The molecule has 1 rings (SSSR count). The Morgan fingerprint density at radius 3 is 2.27 bits per heavy atom. The average molecular weight is 206 g/mol. The topological polar surface area (TPSA) is 38.0 Å². The molecule has 0 radical (unpaired) electrons. The minimum atomic E-state index is 0.425. The summed E-state index contributed by atoms with van der Waals surface area (Å²) in [6.45, 7) is 6.10. The lowest BCUT2D eigenvalue weighted by atomic mass is 9.89. The van der Waals surface area contributed by atoms with E-state index in [2.05, 4.69) is 43.4 Å². The van der Waals surface area contributed by atoms with Crippen molar-refractivity contribution in [1.29, 1.82) is 0 Å². The maximum atomic E-state index is 5.82. The summed E-state index contributed by atoms with van der Waals surface area (Å²) >= 11 is 0. The van der Waals surface area contributed by atoms with Gasteiger partial charge in [-0.1, -0.05) is 38.1 Å². The summed E-state index contributed by atoms with van der Waals surface area (Å²) in [7, 11) is 1.97. The fourth-order valence-corrected chi connectivity index (χ4v) is 1.98. The van der Waals surface area contributed by atoms with Crippen LogP contribution >= 0.6 is 0 Å². The number of likely N-dealkylation sites (N-methyl/N-ethyl adjacent to an activating group) is 1. The maximum absolute atomic E-state index is 5.82. The van der Waals surface area contributed by atoms with Gasteiger partial charge >= 0.3 is 0 Å². The van der Waals surface area contributed by atoms with E-state index in [1.807, 2.05) is 7.05 Å². The lowest BCUT2D eigenvalue weighted by molar-refractivity contribution is 0.626. The normalized spacial score (nSPS) is 13.1. The number of hydrogen-bond donors (Lipinski definition) is 2. The molecule has 0 aliphatic heterocycles. The van der Waals surface area contributed by atoms with E-state index in [1.54, 1.807) is 0 Å². The van der Waals surface area contributed by atoms with Crippen LogP contribution in [0.15, 0.2) is 24.3 Å². The Hall–Kier alpha value is -0.860. The van der Waals surface area contributed by atoms with Crippen molar-refractivity contribution in [1.82, 2.24) is 5.32 Å². The molecule has 0 saturated carbocycles. The lowest BCUT2D eigenvalue weighted by Crippen LogP contribution is -2.25. The smallest absolute Gasteiger partial charge is 0.00890 e. The van der Waals surface area contributed by atoms with Gasteiger partial charge in [-0.15, -0.1) is 0 Å². The van der Waals surface area contributed by atoms with Crippen molar-refractivity contribution in [3.05, 3.63) is 35.4 Å². The molecule has 0 aliphatic rings. The molecule has 0 aromatic heterocycles. The monoisotopic (exact) mass is 206 g/mol. The van der Waals surface area contributed by atoms with Crippen molar-refractivity contribution >= 4 is 0 Å². The lowest BCUT2D eigenvalue weighted by Gasteiger charge is -2.20. The minimum Gasteiger partial charge on any atom is -0.330 e.